The minimum absolute atomic E-state index is 0.296. The van der Waals surface area contributed by atoms with Crippen molar-refractivity contribution in [2.24, 2.45) is 0 Å². The Kier molecular flexibility index (Phi) is 5.20. The molecule has 0 aliphatic carbocycles. The monoisotopic (exact) mass is 282 g/mol. The summed E-state index contributed by atoms with van der Waals surface area (Å²) in [5, 5.41) is 2.98. The molecule has 1 aromatic rings. The standard InChI is InChI=1S/C9H15ClN2O2S2/c1-11-6-3-7-12(2)16(13,14)9-5-4-8(10)15-9/h4-5,11H,3,6-7H2,1-2H3. The van der Waals surface area contributed by atoms with E-state index in [4.69, 9.17) is 11.6 Å². The first-order valence-electron chi connectivity index (χ1n) is 4.84. The third-order valence-corrected chi connectivity index (χ3v) is 5.67. The number of thiophene rings is 1. The van der Waals surface area contributed by atoms with Crippen LogP contribution in [0.4, 0.5) is 0 Å². The zero-order valence-electron chi connectivity index (χ0n) is 9.23. The molecular formula is C9H15ClN2O2S2. The van der Waals surface area contributed by atoms with Crippen molar-refractivity contribution in [3.63, 3.8) is 0 Å². The van der Waals surface area contributed by atoms with Crippen LogP contribution in [0.2, 0.25) is 4.34 Å². The Morgan fingerprint density at radius 2 is 2.19 bits per heavy atom. The third-order valence-electron chi connectivity index (χ3n) is 2.11. The molecule has 1 heterocycles. The van der Waals surface area contributed by atoms with Crippen LogP contribution in [0.25, 0.3) is 0 Å². The quantitative estimate of drug-likeness (QED) is 0.807. The lowest BCUT2D eigenvalue weighted by atomic mass is 10.4. The van der Waals surface area contributed by atoms with Gasteiger partial charge in [-0.25, -0.2) is 12.7 Å². The highest BCUT2D eigenvalue weighted by atomic mass is 35.5. The molecule has 0 aromatic carbocycles. The fourth-order valence-electron chi connectivity index (χ4n) is 1.19. The van der Waals surface area contributed by atoms with E-state index in [1.54, 1.807) is 13.1 Å². The Labute approximate surface area is 105 Å². The maximum atomic E-state index is 12.0. The van der Waals surface area contributed by atoms with Gasteiger partial charge in [-0.3, -0.25) is 0 Å². The molecule has 0 saturated heterocycles. The highest BCUT2D eigenvalue weighted by molar-refractivity contribution is 7.91. The summed E-state index contributed by atoms with van der Waals surface area (Å²) in [4.78, 5) is 0. The van der Waals surface area contributed by atoms with Gasteiger partial charge >= 0.3 is 0 Å². The number of halogens is 1. The number of hydrogen-bond acceptors (Lipinski definition) is 4. The molecule has 0 amide bonds. The lowest BCUT2D eigenvalue weighted by molar-refractivity contribution is 0.459. The second kappa shape index (κ2) is 5.97. The molecule has 0 saturated carbocycles. The van der Waals surface area contributed by atoms with Gasteiger partial charge in [0.05, 0.1) is 4.34 Å². The van der Waals surface area contributed by atoms with E-state index in [2.05, 4.69) is 5.32 Å². The van der Waals surface area contributed by atoms with E-state index in [0.29, 0.717) is 15.1 Å². The minimum atomic E-state index is -3.36. The van der Waals surface area contributed by atoms with Gasteiger partial charge < -0.3 is 5.32 Å². The Morgan fingerprint density at radius 1 is 1.50 bits per heavy atom. The Hall–Kier alpha value is -0.140. The van der Waals surface area contributed by atoms with Crippen LogP contribution in [0.1, 0.15) is 6.42 Å². The maximum Gasteiger partial charge on any atom is 0.252 e. The van der Waals surface area contributed by atoms with Gasteiger partial charge in [0.15, 0.2) is 0 Å². The fraction of sp³-hybridized carbons (Fsp3) is 0.556. The van der Waals surface area contributed by atoms with Crippen LogP contribution in [0.15, 0.2) is 16.3 Å². The first-order valence-corrected chi connectivity index (χ1v) is 7.48. The van der Waals surface area contributed by atoms with Crippen LogP contribution >= 0.6 is 22.9 Å². The summed E-state index contributed by atoms with van der Waals surface area (Å²) in [5.74, 6) is 0. The largest absolute Gasteiger partial charge is 0.320 e. The van der Waals surface area contributed by atoms with Gasteiger partial charge in [0.1, 0.15) is 4.21 Å². The Morgan fingerprint density at radius 3 is 2.69 bits per heavy atom. The van der Waals surface area contributed by atoms with Gasteiger partial charge in [0, 0.05) is 13.6 Å². The molecule has 7 heteroatoms. The minimum Gasteiger partial charge on any atom is -0.320 e. The van der Waals surface area contributed by atoms with Crippen molar-refractivity contribution in [2.45, 2.75) is 10.6 Å². The number of nitrogens with one attached hydrogen (secondary N) is 1. The first kappa shape index (κ1) is 13.9. The van der Waals surface area contributed by atoms with Crippen molar-refractivity contribution in [3.05, 3.63) is 16.5 Å². The average molecular weight is 283 g/mol. The number of hydrogen-bond donors (Lipinski definition) is 1. The highest BCUT2D eigenvalue weighted by Crippen LogP contribution is 2.27. The summed E-state index contributed by atoms with van der Waals surface area (Å²) in [6, 6.07) is 3.14. The van der Waals surface area contributed by atoms with Crippen LogP contribution in [-0.2, 0) is 10.0 Å². The molecule has 4 nitrogen and oxygen atoms in total. The van der Waals surface area contributed by atoms with Gasteiger partial charge in [-0.05, 0) is 32.1 Å². The molecule has 1 N–H and O–H groups in total. The van der Waals surface area contributed by atoms with E-state index >= 15 is 0 Å². The van der Waals surface area contributed by atoms with E-state index < -0.39 is 10.0 Å². The molecule has 0 bridgehead atoms. The van der Waals surface area contributed by atoms with Crippen molar-refractivity contribution >= 4 is 33.0 Å². The summed E-state index contributed by atoms with van der Waals surface area (Å²) in [6.07, 6.45) is 0.783. The lowest BCUT2D eigenvalue weighted by Crippen LogP contribution is -2.29. The molecule has 0 aliphatic rings. The molecule has 0 fully saturated rings. The van der Waals surface area contributed by atoms with Crippen molar-refractivity contribution in [3.8, 4) is 0 Å². The third kappa shape index (κ3) is 3.43. The van der Waals surface area contributed by atoms with E-state index in [1.807, 2.05) is 7.05 Å². The van der Waals surface area contributed by atoms with Crippen LogP contribution in [0, 0.1) is 0 Å². The molecule has 0 radical (unpaired) electrons. The molecule has 0 atom stereocenters. The number of nitrogens with zero attached hydrogens (tertiary/aromatic N) is 1. The van der Waals surface area contributed by atoms with Crippen LogP contribution < -0.4 is 5.32 Å². The van der Waals surface area contributed by atoms with Crippen LogP contribution in [0.5, 0.6) is 0 Å². The molecule has 0 aliphatic heterocycles. The van der Waals surface area contributed by atoms with E-state index in [1.165, 1.54) is 10.4 Å². The summed E-state index contributed by atoms with van der Waals surface area (Å²) < 4.78 is 26.1. The van der Waals surface area contributed by atoms with Crippen molar-refractivity contribution in [1.29, 1.82) is 0 Å². The second-order valence-electron chi connectivity index (χ2n) is 3.34. The molecule has 0 spiro atoms. The molecule has 1 rings (SSSR count). The predicted octanol–water partition coefficient (Wildman–Crippen LogP) is 1.63. The van der Waals surface area contributed by atoms with E-state index in [9.17, 15) is 8.42 Å². The molecule has 92 valence electrons. The Bertz CT molecular complexity index is 430. The number of sulfonamides is 1. The van der Waals surface area contributed by atoms with E-state index in [0.717, 1.165) is 24.3 Å². The maximum absolute atomic E-state index is 12.0. The predicted molar refractivity (Wildman–Crippen MR) is 67.7 cm³/mol. The zero-order valence-corrected chi connectivity index (χ0v) is 11.6. The van der Waals surface area contributed by atoms with Crippen LogP contribution in [-0.4, -0.2) is 39.9 Å². The average Bonchev–Trinajstić information content (AvgIpc) is 2.65. The van der Waals surface area contributed by atoms with Gasteiger partial charge in [0.2, 0.25) is 0 Å². The summed E-state index contributed by atoms with van der Waals surface area (Å²) >= 11 is 6.81. The number of rotatable bonds is 6. The molecule has 1 aromatic heterocycles. The SMILES string of the molecule is CNCCCN(C)S(=O)(=O)c1ccc(Cl)s1. The van der Waals surface area contributed by atoms with Crippen LogP contribution in [0.3, 0.4) is 0 Å². The fourth-order valence-corrected chi connectivity index (χ4v) is 4.09. The molecule has 0 unspecified atom stereocenters. The highest BCUT2D eigenvalue weighted by Gasteiger charge is 2.21. The normalized spacial score (nSPS) is 12.2. The van der Waals surface area contributed by atoms with Crippen molar-refractivity contribution in [2.75, 3.05) is 27.2 Å². The van der Waals surface area contributed by atoms with Gasteiger partial charge in [-0.2, -0.15) is 0 Å². The lowest BCUT2D eigenvalue weighted by Gasteiger charge is -2.15. The topological polar surface area (TPSA) is 49.4 Å². The zero-order chi connectivity index (χ0) is 12.2. The smallest absolute Gasteiger partial charge is 0.252 e. The van der Waals surface area contributed by atoms with E-state index in [-0.39, 0.29) is 0 Å². The second-order valence-corrected chi connectivity index (χ2v) is 7.33. The molecular weight excluding hydrogens is 268 g/mol. The van der Waals surface area contributed by atoms with Gasteiger partial charge in [-0.15, -0.1) is 11.3 Å². The van der Waals surface area contributed by atoms with Crippen molar-refractivity contribution < 1.29 is 8.42 Å². The molecule has 16 heavy (non-hydrogen) atoms. The summed E-state index contributed by atoms with van der Waals surface area (Å²) in [5.41, 5.74) is 0. The first-order chi connectivity index (χ1) is 7.48. The van der Waals surface area contributed by atoms with Gasteiger partial charge in [0.25, 0.3) is 10.0 Å². The van der Waals surface area contributed by atoms with Gasteiger partial charge in [-0.1, -0.05) is 11.6 Å². The van der Waals surface area contributed by atoms with Crippen molar-refractivity contribution in [1.82, 2.24) is 9.62 Å². The Balaban J connectivity index is 2.70. The summed E-state index contributed by atoms with van der Waals surface area (Å²) in [7, 11) is 0.0638. The summed E-state index contributed by atoms with van der Waals surface area (Å²) in [6.45, 7) is 1.30.